The average Bonchev–Trinajstić information content (AvgIpc) is 3.15. The zero-order valence-corrected chi connectivity index (χ0v) is 15.0. The van der Waals surface area contributed by atoms with Gasteiger partial charge in [0.15, 0.2) is 0 Å². The maximum Gasteiger partial charge on any atom is 0.335 e. The number of methoxy groups -OCH3 is 3. The first-order valence-electron chi connectivity index (χ1n) is 7.96. The highest BCUT2D eigenvalue weighted by molar-refractivity contribution is 5.91. The fourth-order valence-electron chi connectivity index (χ4n) is 2.56. The van der Waals surface area contributed by atoms with Crippen molar-refractivity contribution >= 4 is 5.97 Å². The van der Waals surface area contributed by atoms with Crippen LogP contribution in [0, 0.1) is 0 Å². The van der Waals surface area contributed by atoms with E-state index in [1.807, 2.05) is 24.3 Å². The van der Waals surface area contributed by atoms with Crippen molar-refractivity contribution in [3.05, 3.63) is 47.5 Å². The van der Waals surface area contributed by atoms with Crippen LogP contribution in [0.15, 0.2) is 36.4 Å². The highest BCUT2D eigenvalue weighted by Crippen LogP contribution is 2.37. The number of hydrogen-bond donors (Lipinski definition) is 1. The summed E-state index contributed by atoms with van der Waals surface area (Å²) in [4.78, 5) is 12.7. The number of carboxylic acid groups (broad SMARTS) is 1. The van der Waals surface area contributed by atoms with E-state index in [2.05, 4.69) is 15.4 Å². The first-order chi connectivity index (χ1) is 13.0. The van der Waals surface area contributed by atoms with E-state index in [9.17, 15) is 9.90 Å². The van der Waals surface area contributed by atoms with Gasteiger partial charge in [-0.1, -0.05) is 12.1 Å². The fraction of sp³-hybridized carbons (Fsp3) is 0.222. The van der Waals surface area contributed by atoms with E-state index in [-0.39, 0.29) is 22.9 Å². The first kappa shape index (κ1) is 18.2. The van der Waals surface area contributed by atoms with Gasteiger partial charge in [0.2, 0.25) is 5.82 Å². The Balaban J connectivity index is 1.94. The van der Waals surface area contributed by atoms with Crippen molar-refractivity contribution in [2.45, 2.75) is 6.54 Å². The van der Waals surface area contributed by atoms with Gasteiger partial charge in [-0.2, -0.15) is 4.80 Å². The van der Waals surface area contributed by atoms with Crippen LogP contribution >= 0.6 is 0 Å². The van der Waals surface area contributed by atoms with Crippen LogP contribution in [0.5, 0.6) is 17.2 Å². The van der Waals surface area contributed by atoms with Crippen molar-refractivity contribution in [2.24, 2.45) is 0 Å². The van der Waals surface area contributed by atoms with Crippen molar-refractivity contribution in [1.29, 1.82) is 0 Å². The molecule has 0 atom stereocenters. The zero-order chi connectivity index (χ0) is 19.4. The van der Waals surface area contributed by atoms with Crippen LogP contribution in [0.1, 0.15) is 15.9 Å². The molecule has 0 spiro atoms. The van der Waals surface area contributed by atoms with Crippen molar-refractivity contribution in [3.8, 4) is 28.6 Å². The molecule has 0 unspecified atom stereocenters. The Labute approximate surface area is 155 Å². The number of aromatic carboxylic acids is 1. The van der Waals surface area contributed by atoms with E-state index in [0.29, 0.717) is 12.1 Å². The van der Waals surface area contributed by atoms with Crippen molar-refractivity contribution in [3.63, 3.8) is 0 Å². The summed E-state index contributed by atoms with van der Waals surface area (Å²) in [5, 5.41) is 21.7. The van der Waals surface area contributed by atoms with Crippen LogP contribution in [-0.4, -0.2) is 52.6 Å². The second kappa shape index (κ2) is 7.73. The Morgan fingerprint density at radius 1 is 1.04 bits per heavy atom. The molecule has 0 fully saturated rings. The molecule has 0 radical (unpaired) electrons. The molecule has 9 heteroatoms. The number of carbonyl (C=O) groups is 1. The Hall–Kier alpha value is -3.62. The summed E-state index contributed by atoms with van der Waals surface area (Å²) < 4.78 is 15.8. The number of nitrogens with zero attached hydrogens (tertiary/aromatic N) is 4. The van der Waals surface area contributed by atoms with Gasteiger partial charge >= 0.3 is 5.97 Å². The van der Waals surface area contributed by atoms with E-state index in [4.69, 9.17) is 14.2 Å². The highest BCUT2D eigenvalue weighted by Gasteiger charge is 2.21. The normalized spacial score (nSPS) is 10.5. The third-order valence-corrected chi connectivity index (χ3v) is 3.91. The maximum absolute atomic E-state index is 11.3. The molecule has 0 saturated heterocycles. The molecule has 1 heterocycles. The monoisotopic (exact) mass is 370 g/mol. The summed E-state index contributed by atoms with van der Waals surface area (Å²) in [6, 6.07) is 10.3. The van der Waals surface area contributed by atoms with Crippen LogP contribution in [0.4, 0.5) is 0 Å². The quantitative estimate of drug-likeness (QED) is 0.674. The van der Waals surface area contributed by atoms with Gasteiger partial charge in [0.1, 0.15) is 22.8 Å². The summed E-state index contributed by atoms with van der Waals surface area (Å²) in [7, 11) is 4.48. The Morgan fingerprint density at radius 2 is 1.67 bits per heavy atom. The molecule has 27 heavy (non-hydrogen) atoms. The summed E-state index contributed by atoms with van der Waals surface area (Å²) in [6.45, 7) is 0.412. The Kier molecular flexibility index (Phi) is 5.20. The molecule has 1 aromatic heterocycles. The van der Waals surface area contributed by atoms with Gasteiger partial charge in [-0.25, -0.2) is 4.79 Å². The first-order valence-corrected chi connectivity index (χ1v) is 7.96. The molecule has 140 valence electrons. The zero-order valence-electron chi connectivity index (χ0n) is 15.0. The van der Waals surface area contributed by atoms with E-state index in [1.165, 1.54) is 31.1 Å². The minimum atomic E-state index is -1.09. The lowest BCUT2D eigenvalue weighted by atomic mass is 10.1. The topological polar surface area (TPSA) is 109 Å². The molecule has 2 aromatic carbocycles. The lowest BCUT2D eigenvalue weighted by Gasteiger charge is -2.11. The van der Waals surface area contributed by atoms with E-state index < -0.39 is 5.97 Å². The van der Waals surface area contributed by atoms with Crippen LogP contribution in [0.2, 0.25) is 0 Å². The standard InChI is InChI=1S/C18H18N4O5/c1-25-13-6-4-11(5-7-13)10-22-20-17(19-21-22)16-14(26-2)8-12(18(23)24)9-15(16)27-3/h4-9H,10H2,1-3H3,(H,23,24). The predicted molar refractivity (Wildman–Crippen MR) is 95.4 cm³/mol. The summed E-state index contributed by atoms with van der Waals surface area (Å²) >= 11 is 0. The van der Waals surface area contributed by atoms with Crippen molar-refractivity contribution in [1.82, 2.24) is 20.2 Å². The molecule has 0 aliphatic rings. The van der Waals surface area contributed by atoms with Crippen molar-refractivity contribution in [2.75, 3.05) is 21.3 Å². The molecule has 1 N–H and O–H groups in total. The van der Waals surface area contributed by atoms with E-state index in [0.717, 1.165) is 11.3 Å². The summed E-state index contributed by atoms with van der Waals surface area (Å²) in [6.07, 6.45) is 0. The number of benzene rings is 2. The van der Waals surface area contributed by atoms with Crippen molar-refractivity contribution < 1.29 is 24.1 Å². The predicted octanol–water partition coefficient (Wildman–Crippen LogP) is 2.11. The van der Waals surface area contributed by atoms with Gasteiger partial charge in [-0.3, -0.25) is 0 Å². The third kappa shape index (κ3) is 3.81. The number of aromatic nitrogens is 4. The largest absolute Gasteiger partial charge is 0.497 e. The van der Waals surface area contributed by atoms with Gasteiger partial charge in [-0.15, -0.1) is 10.2 Å². The average molecular weight is 370 g/mol. The lowest BCUT2D eigenvalue weighted by Crippen LogP contribution is -2.04. The lowest BCUT2D eigenvalue weighted by molar-refractivity contribution is 0.0696. The molecule has 9 nitrogen and oxygen atoms in total. The molecule has 3 rings (SSSR count). The third-order valence-electron chi connectivity index (χ3n) is 3.91. The number of hydrogen-bond acceptors (Lipinski definition) is 7. The molecule has 0 bridgehead atoms. The SMILES string of the molecule is COc1ccc(Cn2nnc(-c3c(OC)cc(C(=O)O)cc3OC)n2)cc1. The number of tetrazole rings is 1. The van der Waals surface area contributed by atoms with Gasteiger partial charge in [0, 0.05) is 0 Å². The Bertz CT molecular complexity index is 928. The smallest absolute Gasteiger partial charge is 0.335 e. The maximum atomic E-state index is 11.3. The number of ether oxygens (including phenoxy) is 3. The second-order valence-electron chi connectivity index (χ2n) is 5.55. The molecular formula is C18H18N4O5. The van der Waals surface area contributed by atoms with E-state index in [1.54, 1.807) is 7.11 Å². The van der Waals surface area contributed by atoms with Crippen LogP contribution in [0.3, 0.4) is 0 Å². The van der Waals surface area contributed by atoms with Crippen LogP contribution < -0.4 is 14.2 Å². The minimum Gasteiger partial charge on any atom is -0.497 e. The van der Waals surface area contributed by atoms with Crippen LogP contribution in [0.25, 0.3) is 11.4 Å². The molecule has 0 aliphatic carbocycles. The van der Waals surface area contributed by atoms with Gasteiger partial charge < -0.3 is 19.3 Å². The molecular weight excluding hydrogens is 352 g/mol. The van der Waals surface area contributed by atoms with Gasteiger partial charge in [-0.05, 0) is 35.0 Å². The highest BCUT2D eigenvalue weighted by atomic mass is 16.5. The van der Waals surface area contributed by atoms with E-state index >= 15 is 0 Å². The molecule has 0 saturated carbocycles. The Morgan fingerprint density at radius 3 is 2.19 bits per heavy atom. The van der Waals surface area contributed by atoms with Gasteiger partial charge in [0.25, 0.3) is 0 Å². The summed E-state index contributed by atoms with van der Waals surface area (Å²) in [5.74, 6) is 0.522. The number of carboxylic acids is 1. The second-order valence-corrected chi connectivity index (χ2v) is 5.55. The van der Waals surface area contributed by atoms with Crippen LogP contribution in [-0.2, 0) is 6.54 Å². The summed E-state index contributed by atoms with van der Waals surface area (Å²) in [5.41, 5.74) is 1.45. The molecule has 0 aliphatic heterocycles. The number of rotatable bonds is 7. The van der Waals surface area contributed by atoms with Gasteiger partial charge in [0.05, 0.1) is 33.4 Å². The molecule has 3 aromatic rings. The fourth-order valence-corrected chi connectivity index (χ4v) is 2.56. The minimum absolute atomic E-state index is 0.0399. The molecule has 0 amide bonds.